The summed E-state index contributed by atoms with van der Waals surface area (Å²) in [6.45, 7) is 0.744. The van der Waals surface area contributed by atoms with Crippen molar-refractivity contribution < 1.29 is 0 Å². The van der Waals surface area contributed by atoms with E-state index in [0.29, 0.717) is 0 Å². The van der Waals surface area contributed by atoms with Gasteiger partial charge >= 0.3 is 0 Å². The van der Waals surface area contributed by atoms with Gasteiger partial charge in [0.05, 0.1) is 17.6 Å². The van der Waals surface area contributed by atoms with Crippen molar-refractivity contribution in [3.63, 3.8) is 0 Å². The zero-order valence-corrected chi connectivity index (χ0v) is 14.9. The van der Waals surface area contributed by atoms with Crippen LogP contribution in [0.2, 0.25) is 5.02 Å². The summed E-state index contributed by atoms with van der Waals surface area (Å²) < 4.78 is 1.93. The molecule has 2 aromatic heterocycles. The molecule has 4 aromatic rings. The van der Waals surface area contributed by atoms with Gasteiger partial charge in [0.25, 0.3) is 0 Å². The topological polar surface area (TPSA) is 43.6 Å². The van der Waals surface area contributed by atoms with Gasteiger partial charge in [0.15, 0.2) is 0 Å². The fraction of sp³-hybridized carbons (Fsp3) is 0.105. The van der Waals surface area contributed by atoms with Crippen LogP contribution in [0.1, 0.15) is 5.69 Å². The molecule has 0 unspecified atom stereocenters. The van der Waals surface area contributed by atoms with E-state index in [1.165, 1.54) is 0 Å². The van der Waals surface area contributed by atoms with Crippen LogP contribution in [-0.4, -0.2) is 20.0 Å². The Kier molecular flexibility index (Phi) is 4.59. The molecule has 0 spiro atoms. The standard InChI is InChI=1S/C19H15ClN4S/c20-16-8-6-15(7-9-16)19-22-17(13-25-19)10-11-24-18(12-21-23-24)14-4-2-1-3-5-14/h1-9,12-13H,10-11H2. The van der Waals surface area contributed by atoms with Crippen molar-refractivity contribution in [2.24, 2.45) is 0 Å². The van der Waals surface area contributed by atoms with Crippen LogP contribution in [0.4, 0.5) is 0 Å². The number of rotatable bonds is 5. The molecule has 0 aliphatic rings. The first-order valence-electron chi connectivity index (χ1n) is 7.94. The molecule has 4 rings (SSSR count). The van der Waals surface area contributed by atoms with E-state index in [1.807, 2.05) is 47.1 Å². The maximum absolute atomic E-state index is 5.94. The molecule has 0 saturated heterocycles. The Labute approximate surface area is 154 Å². The zero-order valence-electron chi connectivity index (χ0n) is 13.3. The number of aromatic nitrogens is 4. The second kappa shape index (κ2) is 7.17. The molecule has 2 aromatic carbocycles. The summed E-state index contributed by atoms with van der Waals surface area (Å²) in [4.78, 5) is 4.73. The highest BCUT2D eigenvalue weighted by Crippen LogP contribution is 2.25. The number of aryl methyl sites for hydroxylation is 2. The van der Waals surface area contributed by atoms with Gasteiger partial charge in [0, 0.05) is 34.5 Å². The Morgan fingerprint density at radius 3 is 2.56 bits per heavy atom. The minimum absolute atomic E-state index is 0.736. The number of hydrogen-bond acceptors (Lipinski definition) is 4. The summed E-state index contributed by atoms with van der Waals surface area (Å²) in [6.07, 6.45) is 2.61. The monoisotopic (exact) mass is 366 g/mol. The number of hydrogen-bond donors (Lipinski definition) is 0. The maximum Gasteiger partial charge on any atom is 0.123 e. The highest BCUT2D eigenvalue weighted by Gasteiger charge is 2.09. The molecule has 0 atom stereocenters. The molecule has 0 aliphatic carbocycles. The van der Waals surface area contributed by atoms with Crippen molar-refractivity contribution in [2.45, 2.75) is 13.0 Å². The van der Waals surface area contributed by atoms with E-state index in [0.717, 1.165) is 45.5 Å². The second-order valence-corrected chi connectivity index (χ2v) is 6.90. The highest BCUT2D eigenvalue weighted by molar-refractivity contribution is 7.13. The van der Waals surface area contributed by atoms with Gasteiger partial charge in [-0.2, -0.15) is 0 Å². The summed E-state index contributed by atoms with van der Waals surface area (Å²) in [7, 11) is 0. The van der Waals surface area contributed by atoms with Crippen LogP contribution in [0.15, 0.2) is 66.2 Å². The molecule has 0 aliphatic heterocycles. The lowest BCUT2D eigenvalue weighted by atomic mass is 10.2. The van der Waals surface area contributed by atoms with E-state index in [2.05, 4.69) is 27.8 Å². The molecule has 25 heavy (non-hydrogen) atoms. The number of halogens is 1. The summed E-state index contributed by atoms with van der Waals surface area (Å²) >= 11 is 7.59. The highest BCUT2D eigenvalue weighted by atomic mass is 35.5. The predicted octanol–water partition coefficient (Wildman–Crippen LogP) is 4.96. The Balaban J connectivity index is 1.48. The molecule has 0 bridgehead atoms. The van der Waals surface area contributed by atoms with Gasteiger partial charge in [0.2, 0.25) is 0 Å². The SMILES string of the molecule is Clc1ccc(-c2nc(CCn3nncc3-c3ccccc3)cs2)cc1. The number of benzene rings is 2. The Bertz CT molecular complexity index is 961. The molecule has 0 saturated carbocycles. The third-order valence-electron chi connectivity index (χ3n) is 3.91. The fourth-order valence-electron chi connectivity index (χ4n) is 2.62. The normalized spacial score (nSPS) is 10.9. The fourth-order valence-corrected chi connectivity index (χ4v) is 3.61. The second-order valence-electron chi connectivity index (χ2n) is 5.61. The average Bonchev–Trinajstić information content (AvgIpc) is 3.31. The Morgan fingerprint density at radius 2 is 1.76 bits per heavy atom. The summed E-state index contributed by atoms with van der Waals surface area (Å²) in [6, 6.07) is 17.9. The van der Waals surface area contributed by atoms with Crippen LogP contribution < -0.4 is 0 Å². The van der Waals surface area contributed by atoms with Gasteiger partial charge in [-0.15, -0.1) is 16.4 Å². The van der Waals surface area contributed by atoms with Gasteiger partial charge in [-0.05, 0) is 12.1 Å². The van der Waals surface area contributed by atoms with E-state index in [4.69, 9.17) is 16.6 Å². The lowest BCUT2D eigenvalue weighted by molar-refractivity contribution is 0.590. The lowest BCUT2D eigenvalue weighted by Crippen LogP contribution is -2.05. The minimum Gasteiger partial charge on any atom is -0.244 e. The Morgan fingerprint density at radius 1 is 0.960 bits per heavy atom. The first-order valence-corrected chi connectivity index (χ1v) is 9.19. The van der Waals surface area contributed by atoms with Gasteiger partial charge in [-0.1, -0.05) is 59.3 Å². The van der Waals surface area contributed by atoms with Crippen LogP contribution in [0.5, 0.6) is 0 Å². The molecule has 6 heteroatoms. The maximum atomic E-state index is 5.94. The van der Waals surface area contributed by atoms with Crippen LogP contribution in [-0.2, 0) is 13.0 Å². The summed E-state index contributed by atoms with van der Waals surface area (Å²) in [5.74, 6) is 0. The van der Waals surface area contributed by atoms with Crippen molar-refractivity contribution in [3.8, 4) is 21.8 Å². The van der Waals surface area contributed by atoms with Gasteiger partial charge < -0.3 is 0 Å². The number of nitrogens with zero attached hydrogens (tertiary/aromatic N) is 4. The molecule has 0 amide bonds. The Hall–Kier alpha value is -2.50. The quantitative estimate of drug-likeness (QED) is 0.501. The molecule has 0 radical (unpaired) electrons. The molecule has 0 fully saturated rings. The van der Waals surface area contributed by atoms with E-state index in [-0.39, 0.29) is 0 Å². The van der Waals surface area contributed by atoms with E-state index in [9.17, 15) is 0 Å². The largest absolute Gasteiger partial charge is 0.244 e. The van der Waals surface area contributed by atoms with E-state index < -0.39 is 0 Å². The minimum atomic E-state index is 0.736. The van der Waals surface area contributed by atoms with E-state index in [1.54, 1.807) is 17.5 Å². The molecule has 4 nitrogen and oxygen atoms in total. The van der Waals surface area contributed by atoms with Crippen LogP contribution in [0, 0.1) is 0 Å². The van der Waals surface area contributed by atoms with Gasteiger partial charge in [-0.25, -0.2) is 9.67 Å². The third-order valence-corrected chi connectivity index (χ3v) is 5.10. The van der Waals surface area contributed by atoms with Gasteiger partial charge in [0.1, 0.15) is 5.01 Å². The molecular formula is C19H15ClN4S. The zero-order chi connectivity index (χ0) is 17.1. The number of thiazole rings is 1. The summed E-state index contributed by atoms with van der Waals surface area (Å²) in [5, 5.41) is 12.1. The van der Waals surface area contributed by atoms with Crippen LogP contribution in [0.25, 0.3) is 21.8 Å². The van der Waals surface area contributed by atoms with Crippen molar-refractivity contribution in [1.82, 2.24) is 20.0 Å². The predicted molar refractivity (Wildman–Crippen MR) is 102 cm³/mol. The van der Waals surface area contributed by atoms with Crippen LogP contribution >= 0.6 is 22.9 Å². The van der Waals surface area contributed by atoms with Crippen molar-refractivity contribution in [1.29, 1.82) is 0 Å². The molecule has 124 valence electrons. The molecule has 2 heterocycles. The molecule has 0 N–H and O–H groups in total. The first-order chi connectivity index (χ1) is 12.3. The average molecular weight is 367 g/mol. The lowest BCUT2D eigenvalue weighted by Gasteiger charge is -2.05. The summed E-state index contributed by atoms with van der Waals surface area (Å²) in [5.41, 5.74) is 4.29. The van der Waals surface area contributed by atoms with Crippen LogP contribution in [0.3, 0.4) is 0 Å². The third kappa shape index (κ3) is 3.62. The van der Waals surface area contributed by atoms with Crippen molar-refractivity contribution >= 4 is 22.9 Å². The first kappa shape index (κ1) is 16.0. The van der Waals surface area contributed by atoms with E-state index >= 15 is 0 Å². The van der Waals surface area contributed by atoms with Crippen molar-refractivity contribution in [3.05, 3.63) is 76.9 Å². The van der Waals surface area contributed by atoms with Gasteiger partial charge in [-0.3, -0.25) is 0 Å². The van der Waals surface area contributed by atoms with Crippen molar-refractivity contribution in [2.75, 3.05) is 0 Å². The smallest absolute Gasteiger partial charge is 0.123 e. The molecular weight excluding hydrogens is 352 g/mol.